The van der Waals surface area contributed by atoms with Crippen LogP contribution < -0.4 is 16.1 Å². The average Bonchev–Trinajstić information content (AvgIpc) is 3.00. The molecular formula is C17H19ClFN3O3. The van der Waals surface area contributed by atoms with Gasteiger partial charge in [0.2, 0.25) is 5.43 Å². The lowest BCUT2D eigenvalue weighted by Crippen LogP contribution is -2.27. The Morgan fingerprint density at radius 1 is 1.52 bits per heavy atom. The number of carboxylic acid groups (broad SMARTS) is 1. The molecule has 3 N–H and O–H groups in total. The number of aromatic nitrogens is 1. The number of pyridine rings is 1. The van der Waals surface area contributed by atoms with E-state index in [9.17, 15) is 19.1 Å². The second kappa shape index (κ2) is 6.65. The molecule has 0 spiro atoms. The Morgan fingerprint density at radius 3 is 2.80 bits per heavy atom. The van der Waals surface area contributed by atoms with Gasteiger partial charge >= 0.3 is 5.97 Å². The molecule has 8 heteroatoms. The minimum atomic E-state index is -1.35. The van der Waals surface area contributed by atoms with Crippen molar-refractivity contribution in [1.82, 2.24) is 4.57 Å². The van der Waals surface area contributed by atoms with Crippen molar-refractivity contribution < 1.29 is 14.3 Å². The van der Waals surface area contributed by atoms with E-state index in [2.05, 4.69) is 0 Å². The number of nitrogens with two attached hydrogens (primary N) is 1. The summed E-state index contributed by atoms with van der Waals surface area (Å²) in [6.07, 6.45) is 2.04. The molecule has 1 aliphatic heterocycles. The summed E-state index contributed by atoms with van der Waals surface area (Å²) in [5.74, 6) is -1.69. The highest BCUT2D eigenvalue weighted by molar-refractivity contribution is 6.18. The van der Waals surface area contributed by atoms with E-state index in [1.807, 2.05) is 4.90 Å². The number of alkyl halides is 1. The van der Waals surface area contributed by atoms with Gasteiger partial charge in [-0.2, -0.15) is 0 Å². The number of anilines is 1. The van der Waals surface area contributed by atoms with Gasteiger partial charge in [0.1, 0.15) is 11.4 Å². The van der Waals surface area contributed by atoms with Gasteiger partial charge in [0.05, 0.1) is 11.2 Å². The highest BCUT2D eigenvalue weighted by atomic mass is 35.5. The molecule has 1 aromatic carbocycles. The summed E-state index contributed by atoms with van der Waals surface area (Å²) < 4.78 is 16.2. The van der Waals surface area contributed by atoms with Crippen LogP contribution in [0.3, 0.4) is 0 Å². The maximum absolute atomic E-state index is 14.6. The van der Waals surface area contributed by atoms with E-state index < -0.39 is 22.8 Å². The van der Waals surface area contributed by atoms with Gasteiger partial charge in [-0.1, -0.05) is 0 Å². The van der Waals surface area contributed by atoms with Gasteiger partial charge in [-0.05, 0) is 25.5 Å². The molecule has 3 rings (SSSR count). The molecule has 1 aromatic heterocycles. The van der Waals surface area contributed by atoms with E-state index in [1.54, 1.807) is 17.6 Å². The molecule has 1 fully saturated rings. The number of carboxylic acids is 1. The summed E-state index contributed by atoms with van der Waals surface area (Å²) >= 11 is 5.93. The fourth-order valence-corrected chi connectivity index (χ4v) is 3.35. The summed E-state index contributed by atoms with van der Waals surface area (Å²) in [6.45, 7) is 2.97. The Kier molecular flexibility index (Phi) is 4.71. The number of carbonyl (C=O) groups is 1. The first-order valence-electron chi connectivity index (χ1n) is 8.01. The number of rotatable bonds is 4. The largest absolute Gasteiger partial charge is 0.477 e. The number of hydrogen-bond donors (Lipinski definition) is 2. The van der Waals surface area contributed by atoms with Crippen molar-refractivity contribution in [3.05, 3.63) is 39.9 Å². The number of benzene rings is 1. The molecule has 25 heavy (non-hydrogen) atoms. The first kappa shape index (κ1) is 17.7. The Morgan fingerprint density at radius 2 is 2.24 bits per heavy atom. The molecule has 0 aliphatic carbocycles. The summed E-state index contributed by atoms with van der Waals surface area (Å²) in [6, 6.07) is 2.41. The van der Waals surface area contributed by atoms with Crippen LogP contribution >= 0.6 is 11.6 Å². The predicted molar refractivity (Wildman–Crippen MR) is 95.4 cm³/mol. The maximum Gasteiger partial charge on any atom is 0.341 e. The van der Waals surface area contributed by atoms with E-state index >= 15 is 0 Å². The van der Waals surface area contributed by atoms with Crippen LogP contribution in [-0.4, -0.2) is 40.7 Å². The average molecular weight is 368 g/mol. The molecular weight excluding hydrogens is 349 g/mol. The molecule has 0 radical (unpaired) electrons. The highest BCUT2D eigenvalue weighted by Gasteiger charge is 2.24. The summed E-state index contributed by atoms with van der Waals surface area (Å²) in [5.41, 5.74) is 5.61. The zero-order valence-electron chi connectivity index (χ0n) is 13.7. The van der Waals surface area contributed by atoms with Gasteiger partial charge in [-0.3, -0.25) is 4.79 Å². The molecule has 2 unspecified atom stereocenters. The molecule has 2 heterocycles. The van der Waals surface area contributed by atoms with E-state index in [-0.39, 0.29) is 23.3 Å². The topological polar surface area (TPSA) is 88.6 Å². The number of nitrogens with zero attached hydrogens (tertiary/aromatic N) is 2. The van der Waals surface area contributed by atoms with Gasteiger partial charge in [0, 0.05) is 42.6 Å². The first-order valence-corrected chi connectivity index (χ1v) is 8.55. The fraction of sp³-hybridized carbons (Fsp3) is 0.412. The standard InChI is InChI=1S/C17H19ClFN3O3/c1-9(6-18)22-8-12(17(24)25)16(23)11-4-13(19)15(5-14(11)22)21-3-2-10(20)7-21/h4-5,8-10H,2-3,6-7,20H2,1H3,(H,24,25). The quantitative estimate of drug-likeness (QED) is 0.808. The molecule has 1 saturated heterocycles. The van der Waals surface area contributed by atoms with E-state index in [4.69, 9.17) is 17.3 Å². The van der Waals surface area contributed by atoms with Crippen molar-refractivity contribution in [2.75, 3.05) is 23.9 Å². The second-order valence-corrected chi connectivity index (χ2v) is 6.71. The lowest BCUT2D eigenvalue weighted by Gasteiger charge is -2.22. The van der Waals surface area contributed by atoms with Gasteiger partial charge < -0.3 is 20.3 Å². The molecule has 1 aliphatic rings. The Balaban J connectivity index is 2.29. The third-order valence-corrected chi connectivity index (χ3v) is 5.04. The normalized spacial score (nSPS) is 18.7. The number of aromatic carboxylic acids is 1. The molecule has 2 aromatic rings. The Hall–Kier alpha value is -2.12. The summed E-state index contributed by atoms with van der Waals surface area (Å²) in [5, 5.41) is 9.30. The summed E-state index contributed by atoms with van der Waals surface area (Å²) in [7, 11) is 0. The molecule has 6 nitrogen and oxygen atoms in total. The molecule has 0 bridgehead atoms. The molecule has 134 valence electrons. The monoisotopic (exact) mass is 367 g/mol. The van der Waals surface area contributed by atoms with Gasteiger partial charge in [0.15, 0.2) is 0 Å². The van der Waals surface area contributed by atoms with Crippen molar-refractivity contribution in [3.63, 3.8) is 0 Å². The van der Waals surface area contributed by atoms with Crippen molar-refractivity contribution in [3.8, 4) is 0 Å². The van der Waals surface area contributed by atoms with E-state index in [1.165, 1.54) is 6.20 Å². The second-order valence-electron chi connectivity index (χ2n) is 6.40. The Labute approximate surface area is 148 Å². The predicted octanol–water partition coefficient (Wildman–Crippen LogP) is 2.18. The SMILES string of the molecule is CC(CCl)n1cc(C(=O)O)c(=O)c2cc(F)c(N3CCC(N)C3)cc21. The number of hydrogen-bond acceptors (Lipinski definition) is 4. The lowest BCUT2D eigenvalue weighted by molar-refractivity contribution is 0.0694. The van der Waals surface area contributed by atoms with Crippen LogP contribution in [0.2, 0.25) is 0 Å². The third kappa shape index (κ3) is 3.09. The van der Waals surface area contributed by atoms with Crippen LogP contribution in [0.15, 0.2) is 23.1 Å². The Bertz CT molecular complexity index is 899. The zero-order valence-corrected chi connectivity index (χ0v) is 14.5. The lowest BCUT2D eigenvalue weighted by atomic mass is 10.1. The van der Waals surface area contributed by atoms with Crippen molar-refractivity contribution in [1.29, 1.82) is 0 Å². The minimum absolute atomic E-state index is 0.0200. The van der Waals surface area contributed by atoms with E-state index in [0.29, 0.717) is 24.3 Å². The third-order valence-electron chi connectivity index (χ3n) is 4.59. The molecule has 2 atom stereocenters. The number of fused-ring (bicyclic) bond motifs is 1. The number of halogens is 2. The van der Waals surface area contributed by atoms with Crippen LogP contribution in [0.5, 0.6) is 0 Å². The van der Waals surface area contributed by atoms with Gasteiger partial charge in [0.25, 0.3) is 0 Å². The van der Waals surface area contributed by atoms with Crippen LogP contribution in [0.4, 0.5) is 10.1 Å². The summed E-state index contributed by atoms with van der Waals surface area (Å²) in [4.78, 5) is 25.6. The van der Waals surface area contributed by atoms with Gasteiger partial charge in [-0.15, -0.1) is 11.6 Å². The van der Waals surface area contributed by atoms with Crippen molar-refractivity contribution in [2.24, 2.45) is 5.73 Å². The van der Waals surface area contributed by atoms with Crippen LogP contribution in [0, 0.1) is 5.82 Å². The van der Waals surface area contributed by atoms with E-state index in [0.717, 1.165) is 12.5 Å². The zero-order chi connectivity index (χ0) is 18.3. The van der Waals surface area contributed by atoms with Crippen molar-refractivity contribution in [2.45, 2.75) is 25.4 Å². The smallest absolute Gasteiger partial charge is 0.341 e. The fourth-order valence-electron chi connectivity index (χ4n) is 3.20. The van der Waals surface area contributed by atoms with Crippen LogP contribution in [-0.2, 0) is 0 Å². The molecule has 0 amide bonds. The first-order chi connectivity index (χ1) is 11.8. The minimum Gasteiger partial charge on any atom is -0.477 e. The molecule has 0 saturated carbocycles. The maximum atomic E-state index is 14.6. The highest BCUT2D eigenvalue weighted by Crippen LogP contribution is 2.29. The van der Waals surface area contributed by atoms with Crippen LogP contribution in [0.25, 0.3) is 10.9 Å². The van der Waals surface area contributed by atoms with Crippen LogP contribution in [0.1, 0.15) is 29.7 Å². The van der Waals surface area contributed by atoms with Crippen molar-refractivity contribution >= 4 is 34.2 Å². The van der Waals surface area contributed by atoms with Gasteiger partial charge in [-0.25, -0.2) is 9.18 Å².